The number of nitrogens with two attached hydrogens (primary N) is 1. The summed E-state index contributed by atoms with van der Waals surface area (Å²) in [5, 5.41) is 0. The fourth-order valence-electron chi connectivity index (χ4n) is 1.44. The van der Waals surface area contributed by atoms with Crippen LogP contribution in [0.1, 0.15) is 5.56 Å². The third-order valence-corrected chi connectivity index (χ3v) is 4.46. The van der Waals surface area contributed by atoms with Crippen molar-refractivity contribution in [2.45, 2.75) is 16.3 Å². The first kappa shape index (κ1) is 13.1. The highest BCUT2D eigenvalue weighted by molar-refractivity contribution is 7.91. The van der Waals surface area contributed by atoms with Gasteiger partial charge in [-0.25, -0.2) is 16.8 Å². The largest absolute Gasteiger partial charge is 0.326 e. The highest BCUT2D eigenvalue weighted by Crippen LogP contribution is 2.23. The van der Waals surface area contributed by atoms with Gasteiger partial charge in [-0.2, -0.15) is 0 Å². The van der Waals surface area contributed by atoms with Crippen LogP contribution in [0.3, 0.4) is 0 Å². The molecule has 16 heavy (non-hydrogen) atoms. The molecule has 0 saturated carbocycles. The second-order valence-electron chi connectivity index (χ2n) is 3.48. The monoisotopic (exact) mass is 263 g/mol. The molecule has 0 bridgehead atoms. The zero-order chi connectivity index (χ0) is 12.6. The van der Waals surface area contributed by atoms with E-state index >= 15 is 0 Å². The van der Waals surface area contributed by atoms with Crippen LogP contribution in [0.2, 0.25) is 0 Å². The summed E-state index contributed by atoms with van der Waals surface area (Å²) >= 11 is 0. The van der Waals surface area contributed by atoms with Crippen LogP contribution in [0.15, 0.2) is 28.0 Å². The first-order valence-corrected chi connectivity index (χ1v) is 8.18. The van der Waals surface area contributed by atoms with Gasteiger partial charge in [-0.05, 0) is 12.1 Å². The number of hydrogen-bond donors (Lipinski definition) is 1. The molecule has 0 aliphatic rings. The summed E-state index contributed by atoms with van der Waals surface area (Å²) in [6, 6.07) is 4.10. The highest BCUT2D eigenvalue weighted by Gasteiger charge is 2.20. The summed E-state index contributed by atoms with van der Waals surface area (Å²) in [6.07, 6.45) is 2.04. The van der Waals surface area contributed by atoms with Crippen LogP contribution in [0, 0.1) is 0 Å². The van der Waals surface area contributed by atoms with Crippen LogP contribution >= 0.6 is 0 Å². The van der Waals surface area contributed by atoms with Crippen molar-refractivity contribution in [2.75, 3.05) is 12.5 Å². The van der Waals surface area contributed by atoms with Gasteiger partial charge in [0, 0.05) is 24.6 Å². The average molecular weight is 263 g/mol. The highest BCUT2D eigenvalue weighted by atomic mass is 32.2. The van der Waals surface area contributed by atoms with Crippen LogP contribution < -0.4 is 5.73 Å². The lowest BCUT2D eigenvalue weighted by Gasteiger charge is -2.10. The smallest absolute Gasteiger partial charge is 0.175 e. The van der Waals surface area contributed by atoms with Crippen molar-refractivity contribution in [2.24, 2.45) is 5.73 Å². The molecule has 0 spiro atoms. The van der Waals surface area contributed by atoms with Gasteiger partial charge >= 0.3 is 0 Å². The molecular formula is C9H13NO4S2. The maximum absolute atomic E-state index is 11.4. The molecule has 2 N–H and O–H groups in total. The summed E-state index contributed by atoms with van der Waals surface area (Å²) in [7, 11) is -6.95. The van der Waals surface area contributed by atoms with Gasteiger partial charge in [0.2, 0.25) is 0 Å². The van der Waals surface area contributed by atoms with E-state index in [0.717, 1.165) is 12.5 Å². The lowest BCUT2D eigenvalue weighted by molar-refractivity contribution is 0.597. The molecule has 5 nitrogen and oxygen atoms in total. The first-order chi connectivity index (χ1) is 7.18. The van der Waals surface area contributed by atoms with Crippen LogP contribution in [0.5, 0.6) is 0 Å². The molecule has 0 aliphatic heterocycles. The lowest BCUT2D eigenvalue weighted by Crippen LogP contribution is -2.12. The molecule has 0 amide bonds. The maximum Gasteiger partial charge on any atom is 0.175 e. The second kappa shape index (κ2) is 4.15. The van der Waals surface area contributed by atoms with E-state index in [-0.39, 0.29) is 21.9 Å². The van der Waals surface area contributed by atoms with Gasteiger partial charge < -0.3 is 5.73 Å². The van der Waals surface area contributed by atoms with Gasteiger partial charge in [0.1, 0.15) is 0 Å². The minimum Gasteiger partial charge on any atom is -0.326 e. The number of sulfone groups is 2. The molecule has 0 saturated heterocycles. The molecular weight excluding hydrogens is 250 g/mol. The Morgan fingerprint density at radius 1 is 1.00 bits per heavy atom. The molecule has 0 aromatic heterocycles. The summed E-state index contributed by atoms with van der Waals surface area (Å²) in [5.74, 6) is 0. The first-order valence-electron chi connectivity index (χ1n) is 4.40. The standard InChI is InChI=1S/C9H13NO4S2/c1-15(11,12)8-4-3-5-9(7(8)6-10)16(2,13)14/h3-5H,6,10H2,1-2H3. The summed E-state index contributed by atoms with van der Waals surface area (Å²) in [4.78, 5) is -0.0594. The second-order valence-corrected chi connectivity index (χ2v) is 7.45. The van der Waals surface area contributed by atoms with Crippen molar-refractivity contribution in [1.82, 2.24) is 0 Å². The van der Waals surface area contributed by atoms with Crippen LogP contribution in [0.25, 0.3) is 0 Å². The average Bonchev–Trinajstić information content (AvgIpc) is 2.13. The zero-order valence-corrected chi connectivity index (χ0v) is 10.6. The molecule has 0 aliphatic carbocycles. The Balaban J connectivity index is 3.71. The van der Waals surface area contributed by atoms with Crippen LogP contribution in [-0.4, -0.2) is 29.3 Å². The SMILES string of the molecule is CS(=O)(=O)c1cccc(S(C)(=O)=O)c1CN. The fourth-order valence-corrected chi connectivity index (χ4v) is 3.44. The number of benzene rings is 1. The van der Waals surface area contributed by atoms with Gasteiger partial charge in [-0.1, -0.05) is 6.07 Å². The molecule has 90 valence electrons. The Bertz CT molecular complexity index is 552. The van der Waals surface area contributed by atoms with E-state index in [2.05, 4.69) is 0 Å². The third-order valence-electron chi connectivity index (χ3n) is 2.09. The van der Waals surface area contributed by atoms with Crippen molar-refractivity contribution < 1.29 is 16.8 Å². The molecule has 1 aromatic rings. The van der Waals surface area contributed by atoms with E-state index < -0.39 is 19.7 Å². The summed E-state index contributed by atoms with van der Waals surface area (Å²) in [6.45, 7) is -0.133. The van der Waals surface area contributed by atoms with Crippen LogP contribution in [-0.2, 0) is 26.2 Å². The summed E-state index contributed by atoms with van der Waals surface area (Å²) < 4.78 is 45.8. The molecule has 0 unspecified atom stereocenters. The van der Waals surface area contributed by atoms with Gasteiger partial charge in [0.25, 0.3) is 0 Å². The number of rotatable bonds is 3. The van der Waals surface area contributed by atoms with E-state index in [1.54, 1.807) is 0 Å². The van der Waals surface area contributed by atoms with Crippen molar-refractivity contribution in [3.8, 4) is 0 Å². The van der Waals surface area contributed by atoms with Crippen LogP contribution in [0.4, 0.5) is 0 Å². The Morgan fingerprint density at radius 2 is 1.38 bits per heavy atom. The molecule has 7 heteroatoms. The fraction of sp³-hybridized carbons (Fsp3) is 0.333. The van der Waals surface area contributed by atoms with Crippen molar-refractivity contribution in [3.05, 3.63) is 23.8 Å². The molecule has 1 rings (SSSR count). The molecule has 1 aromatic carbocycles. The van der Waals surface area contributed by atoms with Gasteiger partial charge in [0.05, 0.1) is 9.79 Å². The molecule has 0 atom stereocenters. The van der Waals surface area contributed by atoms with E-state index in [4.69, 9.17) is 5.73 Å². The quantitative estimate of drug-likeness (QED) is 0.825. The third kappa shape index (κ3) is 2.60. The van der Waals surface area contributed by atoms with E-state index in [1.807, 2.05) is 0 Å². The predicted octanol–water partition coefficient (Wildman–Crippen LogP) is -0.0477. The Morgan fingerprint density at radius 3 is 1.62 bits per heavy atom. The molecule has 0 heterocycles. The normalized spacial score (nSPS) is 12.7. The summed E-state index contributed by atoms with van der Waals surface area (Å²) in [5.41, 5.74) is 5.56. The van der Waals surface area contributed by atoms with Crippen molar-refractivity contribution in [1.29, 1.82) is 0 Å². The minimum atomic E-state index is -3.47. The zero-order valence-electron chi connectivity index (χ0n) is 8.97. The topological polar surface area (TPSA) is 94.3 Å². The van der Waals surface area contributed by atoms with Crippen molar-refractivity contribution in [3.63, 3.8) is 0 Å². The molecule has 0 fully saturated rings. The molecule has 0 radical (unpaired) electrons. The maximum atomic E-state index is 11.4. The minimum absolute atomic E-state index is 0.0297. The van der Waals surface area contributed by atoms with Gasteiger partial charge in [-0.15, -0.1) is 0 Å². The predicted molar refractivity (Wildman–Crippen MR) is 60.6 cm³/mol. The van der Waals surface area contributed by atoms with Crippen molar-refractivity contribution >= 4 is 19.7 Å². The van der Waals surface area contributed by atoms with Gasteiger partial charge in [-0.3, -0.25) is 0 Å². The van der Waals surface area contributed by atoms with Gasteiger partial charge in [0.15, 0.2) is 19.7 Å². The Kier molecular flexibility index (Phi) is 3.41. The van der Waals surface area contributed by atoms with E-state index in [0.29, 0.717) is 0 Å². The van der Waals surface area contributed by atoms with E-state index in [1.165, 1.54) is 18.2 Å². The number of hydrogen-bond acceptors (Lipinski definition) is 5. The Labute approximate surface area is 95.1 Å². The van der Waals surface area contributed by atoms with E-state index in [9.17, 15) is 16.8 Å². The lowest BCUT2D eigenvalue weighted by atomic mass is 10.2. The Hall–Kier alpha value is -0.920.